The average Bonchev–Trinajstić information content (AvgIpc) is 3.11. The van der Waals surface area contributed by atoms with Gasteiger partial charge < -0.3 is 11.1 Å². The third kappa shape index (κ3) is 3.67. The fourth-order valence-corrected chi connectivity index (χ4v) is 3.08. The van der Waals surface area contributed by atoms with E-state index >= 15 is 0 Å². The molecule has 3 rings (SSSR count). The van der Waals surface area contributed by atoms with E-state index in [4.69, 9.17) is 11.1 Å². The van der Waals surface area contributed by atoms with Crippen molar-refractivity contribution < 1.29 is 4.79 Å². The van der Waals surface area contributed by atoms with Crippen molar-refractivity contribution in [1.29, 1.82) is 5.41 Å². The number of amidine groups is 1. The summed E-state index contributed by atoms with van der Waals surface area (Å²) in [5, 5.41) is 10.3. The summed E-state index contributed by atoms with van der Waals surface area (Å²) in [6.07, 6.45) is 1.74. The van der Waals surface area contributed by atoms with E-state index in [0.29, 0.717) is 17.0 Å². The molecule has 2 heterocycles. The number of carbonyl (C=O) groups is 1. The zero-order valence-corrected chi connectivity index (χ0v) is 13.6. The van der Waals surface area contributed by atoms with E-state index < -0.39 is 0 Å². The Hall–Kier alpha value is -2.99. The minimum absolute atomic E-state index is 0.0335. The van der Waals surface area contributed by atoms with Crippen LogP contribution in [0.2, 0.25) is 0 Å². The molecule has 1 aromatic carbocycles. The first kappa shape index (κ1) is 15.9. The Labute approximate surface area is 143 Å². The molecule has 0 saturated carbocycles. The highest BCUT2D eigenvalue weighted by Crippen LogP contribution is 2.26. The number of benzene rings is 1. The van der Waals surface area contributed by atoms with Crippen molar-refractivity contribution in [3.8, 4) is 10.6 Å². The highest BCUT2D eigenvalue weighted by molar-refractivity contribution is 7.17. The van der Waals surface area contributed by atoms with Crippen LogP contribution >= 0.6 is 11.3 Å². The zero-order chi connectivity index (χ0) is 16.9. The number of rotatable bonds is 5. The molecule has 4 N–H and O–H groups in total. The third-order valence-corrected chi connectivity index (χ3v) is 4.57. The fourth-order valence-electron chi connectivity index (χ4n) is 2.18. The van der Waals surface area contributed by atoms with Gasteiger partial charge in [0.05, 0.1) is 15.4 Å². The summed E-state index contributed by atoms with van der Waals surface area (Å²) in [6, 6.07) is 16.7. The van der Waals surface area contributed by atoms with Crippen molar-refractivity contribution in [2.75, 3.05) is 0 Å². The molecular weight excluding hydrogens is 320 g/mol. The second-order valence-electron chi connectivity index (χ2n) is 5.17. The highest BCUT2D eigenvalue weighted by Gasteiger charge is 2.10. The van der Waals surface area contributed by atoms with Crippen molar-refractivity contribution in [2.45, 2.75) is 6.54 Å². The molecule has 5 nitrogen and oxygen atoms in total. The van der Waals surface area contributed by atoms with Gasteiger partial charge >= 0.3 is 0 Å². The van der Waals surface area contributed by atoms with E-state index in [2.05, 4.69) is 10.3 Å². The molecule has 0 unspecified atom stereocenters. The van der Waals surface area contributed by atoms with Crippen molar-refractivity contribution in [1.82, 2.24) is 10.3 Å². The van der Waals surface area contributed by atoms with Crippen molar-refractivity contribution >= 4 is 23.1 Å². The molecule has 0 saturated heterocycles. The number of aromatic nitrogens is 1. The van der Waals surface area contributed by atoms with Crippen molar-refractivity contribution in [3.05, 3.63) is 76.8 Å². The largest absolute Gasteiger partial charge is 0.384 e. The lowest BCUT2D eigenvalue weighted by molar-refractivity contribution is 0.0955. The van der Waals surface area contributed by atoms with Crippen LogP contribution in [-0.2, 0) is 6.54 Å². The van der Waals surface area contributed by atoms with Crippen LogP contribution in [0.3, 0.4) is 0 Å². The molecule has 0 atom stereocenters. The molecule has 2 aromatic heterocycles. The van der Waals surface area contributed by atoms with Gasteiger partial charge in [0.2, 0.25) is 0 Å². The van der Waals surface area contributed by atoms with Gasteiger partial charge in [-0.2, -0.15) is 0 Å². The van der Waals surface area contributed by atoms with Crippen LogP contribution in [-0.4, -0.2) is 16.7 Å². The fraction of sp³-hybridized carbons (Fsp3) is 0.0556. The van der Waals surface area contributed by atoms with Gasteiger partial charge in [0.15, 0.2) is 0 Å². The van der Waals surface area contributed by atoms with E-state index in [1.807, 2.05) is 42.5 Å². The van der Waals surface area contributed by atoms with Gasteiger partial charge in [-0.05, 0) is 29.8 Å². The number of hydrogen-bond donors (Lipinski definition) is 3. The number of carbonyl (C=O) groups excluding carboxylic acids is 1. The summed E-state index contributed by atoms with van der Waals surface area (Å²) in [5.74, 6) is -0.0796. The smallest absolute Gasteiger partial charge is 0.261 e. The molecule has 0 aliphatic carbocycles. The lowest BCUT2D eigenvalue weighted by Crippen LogP contribution is -2.21. The Bertz CT molecular complexity index is 856. The summed E-state index contributed by atoms with van der Waals surface area (Å²) in [5.41, 5.74) is 7.91. The Morgan fingerprint density at radius 1 is 1.12 bits per heavy atom. The van der Waals surface area contributed by atoms with Crippen LogP contribution in [0.15, 0.2) is 60.8 Å². The molecule has 0 bridgehead atoms. The maximum Gasteiger partial charge on any atom is 0.261 e. The number of amides is 1. The maximum atomic E-state index is 12.3. The Balaban J connectivity index is 1.63. The van der Waals surface area contributed by atoms with E-state index in [1.165, 1.54) is 11.3 Å². The predicted molar refractivity (Wildman–Crippen MR) is 96.2 cm³/mol. The van der Waals surface area contributed by atoms with Crippen molar-refractivity contribution in [2.24, 2.45) is 5.73 Å². The second kappa shape index (κ2) is 7.06. The minimum Gasteiger partial charge on any atom is -0.384 e. The van der Waals surface area contributed by atoms with Gasteiger partial charge in [-0.25, -0.2) is 0 Å². The molecule has 0 radical (unpaired) electrons. The lowest BCUT2D eigenvalue weighted by atomic mass is 10.1. The number of thiophene rings is 1. The molecule has 0 fully saturated rings. The van der Waals surface area contributed by atoms with Crippen molar-refractivity contribution in [3.63, 3.8) is 0 Å². The van der Waals surface area contributed by atoms with Crippen LogP contribution in [0.1, 0.15) is 20.8 Å². The topological polar surface area (TPSA) is 91.9 Å². The lowest BCUT2D eigenvalue weighted by Gasteiger charge is -2.05. The van der Waals surface area contributed by atoms with Gasteiger partial charge in [0.1, 0.15) is 5.84 Å². The van der Waals surface area contributed by atoms with Gasteiger partial charge in [-0.15, -0.1) is 11.3 Å². The van der Waals surface area contributed by atoms with Gasteiger partial charge in [0, 0.05) is 18.3 Å². The molecule has 3 aromatic rings. The third-order valence-electron chi connectivity index (χ3n) is 3.47. The van der Waals surface area contributed by atoms with Crippen LogP contribution in [0.5, 0.6) is 0 Å². The summed E-state index contributed by atoms with van der Waals surface area (Å²) >= 11 is 1.42. The first-order valence-corrected chi connectivity index (χ1v) is 8.18. The molecule has 1 amide bonds. The Morgan fingerprint density at radius 3 is 2.58 bits per heavy atom. The van der Waals surface area contributed by atoms with E-state index in [-0.39, 0.29) is 11.7 Å². The zero-order valence-electron chi connectivity index (χ0n) is 12.8. The number of nitrogens with two attached hydrogens (primary N) is 1. The molecule has 120 valence electrons. The first-order chi connectivity index (χ1) is 11.6. The number of nitrogens with one attached hydrogen (secondary N) is 2. The number of nitrogens with zero attached hydrogens (tertiary/aromatic N) is 1. The standard InChI is InChI=1S/C18H16N4OS/c19-17(20)13-6-4-12(5-7-13)11-22-18(23)16-9-8-15(24-16)14-3-1-2-10-21-14/h1-10H,11H2,(H3,19,20)(H,22,23). The highest BCUT2D eigenvalue weighted by atomic mass is 32.1. The molecule has 0 spiro atoms. The first-order valence-electron chi connectivity index (χ1n) is 7.36. The summed E-state index contributed by atoms with van der Waals surface area (Å²) < 4.78 is 0. The van der Waals surface area contributed by atoms with Crippen LogP contribution in [0.4, 0.5) is 0 Å². The van der Waals surface area contributed by atoms with Gasteiger partial charge in [-0.1, -0.05) is 30.3 Å². The predicted octanol–water partition coefficient (Wildman–Crippen LogP) is 3.02. The van der Waals surface area contributed by atoms with Crippen LogP contribution in [0.25, 0.3) is 10.6 Å². The van der Waals surface area contributed by atoms with E-state index in [1.54, 1.807) is 18.3 Å². The summed E-state index contributed by atoms with van der Waals surface area (Å²) in [7, 11) is 0. The molecule has 0 aliphatic heterocycles. The van der Waals surface area contributed by atoms with Crippen LogP contribution in [0, 0.1) is 5.41 Å². The van der Waals surface area contributed by atoms with Crippen LogP contribution < -0.4 is 11.1 Å². The van der Waals surface area contributed by atoms with E-state index in [0.717, 1.165) is 16.1 Å². The van der Waals surface area contributed by atoms with Gasteiger partial charge in [-0.3, -0.25) is 15.2 Å². The molecule has 6 heteroatoms. The van der Waals surface area contributed by atoms with E-state index in [9.17, 15) is 4.79 Å². The number of hydrogen-bond acceptors (Lipinski definition) is 4. The molecule has 0 aliphatic rings. The summed E-state index contributed by atoms with van der Waals surface area (Å²) in [4.78, 5) is 18.2. The minimum atomic E-state index is -0.113. The molecular formula is C18H16N4OS. The SMILES string of the molecule is N=C(N)c1ccc(CNC(=O)c2ccc(-c3ccccn3)s2)cc1. The normalized spacial score (nSPS) is 10.3. The second-order valence-corrected chi connectivity index (χ2v) is 6.26. The quantitative estimate of drug-likeness (QED) is 0.494. The number of nitrogen functional groups attached to an aromatic ring is 1. The van der Waals surface area contributed by atoms with Gasteiger partial charge in [0.25, 0.3) is 5.91 Å². The Kier molecular flexibility index (Phi) is 4.67. The monoisotopic (exact) mass is 336 g/mol. The maximum absolute atomic E-state index is 12.3. The number of pyridine rings is 1. The molecule has 24 heavy (non-hydrogen) atoms. The summed E-state index contributed by atoms with van der Waals surface area (Å²) in [6.45, 7) is 0.424. The Morgan fingerprint density at radius 2 is 1.92 bits per heavy atom. The average molecular weight is 336 g/mol.